The minimum absolute atomic E-state index is 0.00270. The van der Waals surface area contributed by atoms with Crippen LogP contribution in [0.15, 0.2) is 27.1 Å². The highest BCUT2D eigenvalue weighted by Crippen LogP contribution is 2.43. The number of β-lactam (4-membered cyclic amide) rings is 1. The maximum Gasteiger partial charge on any atom is 0.352 e. The Hall–Kier alpha value is -3.55. The first-order valence-electron chi connectivity index (χ1n) is 8.43. The number of anilines is 1. The molecule has 2 aliphatic rings. The maximum atomic E-state index is 12.8. The van der Waals surface area contributed by atoms with Gasteiger partial charge in [0.15, 0.2) is 5.71 Å². The zero-order valence-electron chi connectivity index (χ0n) is 15.8. The lowest BCUT2D eigenvalue weighted by atomic mass is 10.1. The zero-order valence-corrected chi connectivity index (χ0v) is 16.6. The number of hydrogen-bond donors (Lipinski definition) is 3. The third-order valence-corrected chi connectivity index (χ3v) is 5.48. The molecule has 0 spiro atoms. The lowest BCUT2D eigenvalue weighted by Gasteiger charge is -2.46. The summed E-state index contributed by atoms with van der Waals surface area (Å²) in [5.74, 6) is -3.19. The van der Waals surface area contributed by atoms with Crippen molar-refractivity contribution < 1.29 is 38.3 Å². The van der Waals surface area contributed by atoms with Gasteiger partial charge >= 0.3 is 11.9 Å². The largest absolute Gasteiger partial charge is 0.477 e. The molecule has 0 bridgehead atoms. The van der Waals surface area contributed by atoms with Crippen LogP contribution in [0.25, 0.3) is 0 Å². The predicted octanol–water partition coefficient (Wildman–Crippen LogP) is -0.743. The smallest absolute Gasteiger partial charge is 0.352 e. The Bertz CT molecular complexity index is 971. The van der Waals surface area contributed by atoms with E-state index >= 15 is 0 Å². The summed E-state index contributed by atoms with van der Waals surface area (Å²) < 4.78 is 9.83. The van der Waals surface area contributed by atoms with Crippen molar-refractivity contribution in [3.05, 3.63) is 23.2 Å². The maximum absolute atomic E-state index is 12.8. The van der Waals surface area contributed by atoms with E-state index in [0.717, 1.165) is 29.8 Å². The molecule has 0 radical (unpaired) electrons. The van der Waals surface area contributed by atoms with Gasteiger partial charge in [-0.3, -0.25) is 19.3 Å². The van der Waals surface area contributed by atoms with Gasteiger partial charge in [0.1, 0.15) is 36.7 Å². The number of carboxylic acid groups (broad SMARTS) is 1. The monoisotopic (exact) mass is 439 g/mol. The van der Waals surface area contributed by atoms with E-state index in [1.165, 1.54) is 7.11 Å². The Balaban J connectivity index is 1.93. The van der Waals surface area contributed by atoms with E-state index in [4.69, 9.17) is 14.9 Å². The van der Waals surface area contributed by atoms with Crippen LogP contribution in [0.3, 0.4) is 0 Å². The van der Waals surface area contributed by atoms with Crippen LogP contribution < -0.4 is 11.1 Å². The first kappa shape index (κ1) is 21.2. The van der Waals surface area contributed by atoms with Crippen LogP contribution in [0.2, 0.25) is 0 Å². The van der Waals surface area contributed by atoms with Gasteiger partial charge in [-0.25, -0.2) is 4.79 Å². The number of carboxylic acids is 1. The Morgan fingerprint density at radius 2 is 2.23 bits per heavy atom. The summed E-state index contributed by atoms with van der Waals surface area (Å²) in [7, 11) is 1.22. The van der Waals surface area contributed by atoms with Gasteiger partial charge in [-0.05, 0) is 0 Å². The standard InChI is InChI=1S/C16H17N5O8S/c1-6(22)28-4-7-12(15(25)26)21-9(23)3-10(21)30-14(7)19-13(24)11(20-27-2)8-5-29-16(17)18-8/h5,10,14H,3-4H2,1-2H3,(H2,17,18)(H,19,24)(H,25,26)/t10-,14?/m0/s1. The number of carbonyl (C=O) groups excluding carboxylic acids is 3. The number of oxime groups is 1. The number of hydrogen-bond acceptors (Lipinski definition) is 11. The number of aromatic nitrogens is 1. The fourth-order valence-corrected chi connectivity index (χ4v) is 4.26. The van der Waals surface area contributed by atoms with Gasteiger partial charge in [0.2, 0.25) is 5.91 Å². The molecule has 14 heteroatoms. The lowest BCUT2D eigenvalue weighted by Crippen LogP contribution is -2.58. The van der Waals surface area contributed by atoms with Gasteiger partial charge in [-0.1, -0.05) is 5.16 Å². The van der Waals surface area contributed by atoms with Gasteiger partial charge < -0.3 is 30.1 Å². The van der Waals surface area contributed by atoms with E-state index < -0.39 is 35.2 Å². The fourth-order valence-electron chi connectivity index (χ4n) is 2.85. The Morgan fingerprint density at radius 1 is 1.50 bits per heavy atom. The van der Waals surface area contributed by atoms with Crippen molar-refractivity contribution in [2.75, 3.05) is 19.5 Å². The number of nitrogen functional groups attached to an aromatic ring is 1. The van der Waals surface area contributed by atoms with E-state index in [-0.39, 0.29) is 41.0 Å². The van der Waals surface area contributed by atoms with Crippen LogP contribution in [0.5, 0.6) is 0 Å². The highest BCUT2D eigenvalue weighted by Gasteiger charge is 2.49. The molecule has 13 nitrogen and oxygen atoms in total. The van der Waals surface area contributed by atoms with E-state index in [1.807, 2.05) is 0 Å². The van der Waals surface area contributed by atoms with Crippen molar-refractivity contribution in [1.82, 2.24) is 15.2 Å². The first-order chi connectivity index (χ1) is 14.2. The summed E-state index contributed by atoms with van der Waals surface area (Å²) in [5.41, 5.74) is 4.86. The normalized spacial score (nSPS) is 20.9. The number of ether oxygens (including phenoxy) is 1. The van der Waals surface area contributed by atoms with Gasteiger partial charge in [0.05, 0.1) is 11.8 Å². The van der Waals surface area contributed by atoms with Crippen LogP contribution in [-0.4, -0.2) is 68.9 Å². The number of carbonyl (C=O) groups is 4. The second-order valence-electron chi connectivity index (χ2n) is 6.06. The van der Waals surface area contributed by atoms with Crippen LogP contribution in [0.1, 0.15) is 19.0 Å². The summed E-state index contributed by atoms with van der Waals surface area (Å²) in [4.78, 5) is 57.5. The molecular formula is C16H17N5O8S. The molecular weight excluding hydrogens is 422 g/mol. The molecule has 4 N–H and O–H groups in total. The number of aliphatic carboxylic acids is 1. The zero-order chi connectivity index (χ0) is 22.0. The van der Waals surface area contributed by atoms with E-state index in [1.54, 1.807) is 0 Å². The topological polar surface area (TPSA) is 187 Å². The van der Waals surface area contributed by atoms with Crippen molar-refractivity contribution in [3.63, 3.8) is 0 Å². The third kappa shape index (κ3) is 4.07. The average Bonchev–Trinajstić information content (AvgIpc) is 3.09. The van der Waals surface area contributed by atoms with E-state index in [9.17, 15) is 24.3 Å². The van der Waals surface area contributed by atoms with E-state index in [2.05, 4.69) is 20.3 Å². The molecule has 160 valence electrons. The number of esters is 1. The van der Waals surface area contributed by atoms with Gasteiger partial charge in [-0.15, -0.1) is 11.8 Å². The van der Waals surface area contributed by atoms with Crippen molar-refractivity contribution in [1.29, 1.82) is 0 Å². The lowest BCUT2D eigenvalue weighted by molar-refractivity contribution is -0.146. The minimum atomic E-state index is -1.38. The second-order valence-corrected chi connectivity index (χ2v) is 7.35. The summed E-state index contributed by atoms with van der Waals surface area (Å²) >= 11 is 1.13. The molecule has 2 aliphatic heterocycles. The number of nitrogens with one attached hydrogen (secondary N) is 1. The SMILES string of the molecule is CON=C(C(=O)NC1S[C@H]2CC(=O)N2C(C(=O)O)=C1COC(C)=O)c1coc(N)n1. The predicted molar refractivity (Wildman–Crippen MR) is 101 cm³/mol. The molecule has 0 aliphatic carbocycles. The van der Waals surface area contributed by atoms with Gasteiger partial charge in [-0.2, -0.15) is 4.98 Å². The highest BCUT2D eigenvalue weighted by atomic mass is 32.2. The van der Waals surface area contributed by atoms with Crippen molar-refractivity contribution in [2.24, 2.45) is 5.16 Å². The number of rotatable bonds is 7. The van der Waals surface area contributed by atoms with Crippen LogP contribution in [0.4, 0.5) is 6.01 Å². The van der Waals surface area contributed by atoms with Crippen molar-refractivity contribution in [2.45, 2.75) is 24.1 Å². The molecule has 1 saturated heterocycles. The number of nitrogens with two attached hydrogens (primary N) is 1. The number of thioether (sulfide) groups is 1. The Kier molecular flexibility index (Phi) is 5.96. The Morgan fingerprint density at radius 3 is 2.77 bits per heavy atom. The fraction of sp³-hybridized carbons (Fsp3) is 0.375. The molecule has 1 fully saturated rings. The summed E-state index contributed by atoms with van der Waals surface area (Å²) in [6.07, 6.45) is 1.21. The molecule has 0 saturated carbocycles. The highest BCUT2D eigenvalue weighted by molar-refractivity contribution is 8.00. The molecule has 3 rings (SSSR count). The molecule has 1 aromatic heterocycles. The third-order valence-electron chi connectivity index (χ3n) is 4.12. The molecule has 1 aromatic rings. The first-order valence-corrected chi connectivity index (χ1v) is 9.37. The van der Waals surface area contributed by atoms with Crippen molar-refractivity contribution >= 4 is 47.2 Å². The number of oxazole rings is 1. The average molecular weight is 439 g/mol. The summed E-state index contributed by atoms with van der Waals surface area (Å²) in [5, 5.41) is 14.5. The molecule has 2 amide bonds. The Labute approximate surface area is 173 Å². The van der Waals surface area contributed by atoms with Crippen molar-refractivity contribution in [3.8, 4) is 0 Å². The van der Waals surface area contributed by atoms with Crippen LogP contribution in [-0.2, 0) is 28.8 Å². The van der Waals surface area contributed by atoms with Crippen LogP contribution >= 0.6 is 11.8 Å². The van der Waals surface area contributed by atoms with Gasteiger partial charge in [0.25, 0.3) is 11.9 Å². The van der Waals surface area contributed by atoms with Gasteiger partial charge in [0, 0.05) is 12.5 Å². The summed E-state index contributed by atoms with van der Waals surface area (Å²) in [6, 6.07) is -0.194. The second kappa shape index (κ2) is 8.44. The number of amides is 2. The molecule has 0 aromatic carbocycles. The molecule has 3 heterocycles. The summed E-state index contributed by atoms with van der Waals surface area (Å²) in [6.45, 7) is 0.722. The molecule has 30 heavy (non-hydrogen) atoms. The quantitative estimate of drug-likeness (QED) is 0.210. The number of nitrogens with zero attached hydrogens (tertiary/aromatic N) is 3. The number of fused-ring (bicyclic) bond motifs is 1. The minimum Gasteiger partial charge on any atom is -0.477 e. The molecule has 2 atom stereocenters. The van der Waals surface area contributed by atoms with Crippen LogP contribution in [0, 0.1) is 0 Å². The van der Waals surface area contributed by atoms with E-state index in [0.29, 0.717) is 0 Å². The molecule has 1 unspecified atom stereocenters.